The fraction of sp³-hybridized carbons (Fsp3) is 0.500. The van der Waals surface area contributed by atoms with Crippen molar-refractivity contribution in [1.82, 2.24) is 4.98 Å². The highest BCUT2D eigenvalue weighted by atomic mass is 79.9. The molecule has 2 aromatic rings. The summed E-state index contributed by atoms with van der Waals surface area (Å²) < 4.78 is 12.7. The standard InChI is InChI=1S/C18H21BrN2O2/c1-12-8-14(19)9-13-10-17(20-11-16(12)13)21-15-2-4-18(5-3-15)22-6-7-23-18/h8-11,15H,2-7H2,1H3,(H,20,21). The SMILES string of the molecule is Cc1cc(Br)cc2cc(NC3CCC4(CC3)OCCO4)ncc12. The van der Waals surface area contributed by atoms with Gasteiger partial charge in [0.1, 0.15) is 5.82 Å². The molecule has 122 valence electrons. The molecule has 5 heteroatoms. The van der Waals surface area contributed by atoms with E-state index < -0.39 is 0 Å². The number of aryl methyl sites for hydroxylation is 1. The van der Waals surface area contributed by atoms with Crippen LogP contribution in [-0.2, 0) is 9.47 Å². The molecule has 0 bridgehead atoms. The van der Waals surface area contributed by atoms with E-state index in [-0.39, 0.29) is 5.79 Å². The summed E-state index contributed by atoms with van der Waals surface area (Å²) in [4.78, 5) is 4.59. The lowest BCUT2D eigenvalue weighted by molar-refractivity contribution is -0.177. The molecule has 1 saturated heterocycles. The van der Waals surface area contributed by atoms with Gasteiger partial charge >= 0.3 is 0 Å². The third-order valence-corrected chi connectivity index (χ3v) is 5.38. The van der Waals surface area contributed by atoms with Gasteiger partial charge in [0, 0.05) is 34.9 Å². The Kier molecular flexibility index (Phi) is 4.03. The smallest absolute Gasteiger partial charge is 0.168 e. The summed E-state index contributed by atoms with van der Waals surface area (Å²) in [5, 5.41) is 6.00. The predicted octanol–water partition coefficient (Wildman–Crippen LogP) is 4.40. The normalized spacial score (nSPS) is 21.1. The Hall–Kier alpha value is -1.17. The summed E-state index contributed by atoms with van der Waals surface area (Å²) in [7, 11) is 0. The number of nitrogens with one attached hydrogen (secondary N) is 1. The molecule has 0 unspecified atom stereocenters. The van der Waals surface area contributed by atoms with Gasteiger partial charge < -0.3 is 14.8 Å². The molecule has 1 aliphatic carbocycles. The number of benzene rings is 1. The third-order valence-electron chi connectivity index (χ3n) is 4.92. The van der Waals surface area contributed by atoms with Crippen LogP contribution in [0.1, 0.15) is 31.2 Å². The van der Waals surface area contributed by atoms with E-state index in [2.05, 4.69) is 51.4 Å². The van der Waals surface area contributed by atoms with E-state index >= 15 is 0 Å². The molecule has 2 heterocycles. The summed E-state index contributed by atoms with van der Waals surface area (Å²) in [5.74, 6) is 0.654. The van der Waals surface area contributed by atoms with Crippen molar-refractivity contribution in [2.45, 2.75) is 44.4 Å². The predicted molar refractivity (Wildman–Crippen MR) is 94.7 cm³/mol. The van der Waals surface area contributed by atoms with E-state index in [1.54, 1.807) is 0 Å². The number of rotatable bonds is 2. The molecule has 2 aliphatic rings. The maximum atomic E-state index is 5.79. The average molecular weight is 377 g/mol. The van der Waals surface area contributed by atoms with E-state index in [9.17, 15) is 0 Å². The highest BCUT2D eigenvalue weighted by molar-refractivity contribution is 9.10. The molecule has 0 radical (unpaired) electrons. The van der Waals surface area contributed by atoms with Gasteiger partial charge in [-0.2, -0.15) is 0 Å². The van der Waals surface area contributed by atoms with Crippen LogP contribution in [0, 0.1) is 6.92 Å². The number of halogens is 1. The molecule has 1 aromatic carbocycles. The number of aromatic nitrogens is 1. The van der Waals surface area contributed by atoms with E-state index in [4.69, 9.17) is 9.47 Å². The molecule has 1 spiro atoms. The van der Waals surface area contributed by atoms with Crippen LogP contribution in [0.3, 0.4) is 0 Å². The van der Waals surface area contributed by atoms with E-state index in [1.165, 1.54) is 16.3 Å². The largest absolute Gasteiger partial charge is 0.367 e. The first kappa shape index (κ1) is 15.4. The van der Waals surface area contributed by atoms with Gasteiger partial charge in [0.25, 0.3) is 0 Å². The van der Waals surface area contributed by atoms with Crippen molar-refractivity contribution in [2.75, 3.05) is 18.5 Å². The second kappa shape index (κ2) is 6.04. The van der Waals surface area contributed by atoms with Crippen molar-refractivity contribution in [3.05, 3.63) is 34.4 Å². The summed E-state index contributed by atoms with van der Waals surface area (Å²) in [6.45, 7) is 3.58. The average Bonchev–Trinajstić information content (AvgIpc) is 2.98. The van der Waals surface area contributed by atoms with Crippen LogP contribution < -0.4 is 5.32 Å². The number of hydrogen-bond acceptors (Lipinski definition) is 4. The van der Waals surface area contributed by atoms with Crippen LogP contribution in [0.4, 0.5) is 5.82 Å². The molecule has 4 nitrogen and oxygen atoms in total. The van der Waals surface area contributed by atoms with Crippen molar-refractivity contribution in [2.24, 2.45) is 0 Å². The molecule has 1 N–H and O–H groups in total. The lowest BCUT2D eigenvalue weighted by Gasteiger charge is -2.35. The quantitative estimate of drug-likeness (QED) is 0.843. The highest BCUT2D eigenvalue weighted by Crippen LogP contribution is 2.36. The molecule has 0 amide bonds. The van der Waals surface area contributed by atoms with Crippen molar-refractivity contribution < 1.29 is 9.47 Å². The summed E-state index contributed by atoms with van der Waals surface area (Å²) in [6.07, 6.45) is 5.99. The van der Waals surface area contributed by atoms with Gasteiger partial charge in [0.2, 0.25) is 0 Å². The van der Waals surface area contributed by atoms with Gasteiger partial charge in [-0.25, -0.2) is 4.98 Å². The van der Waals surface area contributed by atoms with Crippen LogP contribution in [0.25, 0.3) is 10.8 Å². The maximum Gasteiger partial charge on any atom is 0.168 e. The summed E-state index contributed by atoms with van der Waals surface area (Å²) in [5.41, 5.74) is 1.24. The Balaban J connectivity index is 1.48. The van der Waals surface area contributed by atoms with E-state index in [0.29, 0.717) is 6.04 Å². The number of nitrogens with zero attached hydrogens (tertiary/aromatic N) is 1. The zero-order valence-corrected chi connectivity index (χ0v) is 14.9. The zero-order chi connectivity index (χ0) is 15.9. The van der Waals surface area contributed by atoms with Gasteiger partial charge in [-0.1, -0.05) is 15.9 Å². The van der Waals surface area contributed by atoms with Crippen LogP contribution >= 0.6 is 15.9 Å². The minimum atomic E-state index is -0.295. The summed E-state index contributed by atoms with van der Waals surface area (Å²) >= 11 is 3.57. The minimum absolute atomic E-state index is 0.295. The second-order valence-electron chi connectivity index (χ2n) is 6.54. The van der Waals surface area contributed by atoms with Gasteiger partial charge in [0.15, 0.2) is 5.79 Å². The van der Waals surface area contributed by atoms with Crippen LogP contribution in [-0.4, -0.2) is 30.0 Å². The molecule has 2 fully saturated rings. The second-order valence-corrected chi connectivity index (χ2v) is 7.46. The maximum absolute atomic E-state index is 5.79. The number of ether oxygens (including phenoxy) is 2. The molecular formula is C18H21BrN2O2. The molecule has 23 heavy (non-hydrogen) atoms. The molecule has 1 saturated carbocycles. The first-order chi connectivity index (χ1) is 11.1. The topological polar surface area (TPSA) is 43.4 Å². The Morgan fingerprint density at radius 1 is 1.17 bits per heavy atom. The monoisotopic (exact) mass is 376 g/mol. The van der Waals surface area contributed by atoms with E-state index in [0.717, 1.165) is 49.2 Å². The highest BCUT2D eigenvalue weighted by Gasteiger charge is 2.40. The number of pyridine rings is 1. The first-order valence-electron chi connectivity index (χ1n) is 8.24. The van der Waals surface area contributed by atoms with Crippen molar-refractivity contribution in [3.63, 3.8) is 0 Å². The molecule has 1 aliphatic heterocycles. The zero-order valence-electron chi connectivity index (χ0n) is 13.3. The molecule has 4 rings (SSSR count). The van der Waals surface area contributed by atoms with Gasteiger partial charge in [0.05, 0.1) is 13.2 Å². The van der Waals surface area contributed by atoms with Gasteiger partial charge in [-0.15, -0.1) is 0 Å². The Bertz CT molecular complexity index is 718. The van der Waals surface area contributed by atoms with Crippen LogP contribution in [0.5, 0.6) is 0 Å². The lowest BCUT2D eigenvalue weighted by Crippen LogP contribution is -2.39. The Morgan fingerprint density at radius 2 is 1.91 bits per heavy atom. The van der Waals surface area contributed by atoms with Crippen molar-refractivity contribution >= 4 is 32.5 Å². The number of anilines is 1. The van der Waals surface area contributed by atoms with Gasteiger partial charge in [-0.3, -0.25) is 0 Å². The van der Waals surface area contributed by atoms with Gasteiger partial charge in [-0.05, 0) is 48.9 Å². The Morgan fingerprint density at radius 3 is 2.65 bits per heavy atom. The van der Waals surface area contributed by atoms with Crippen LogP contribution in [0.15, 0.2) is 28.9 Å². The molecule has 1 aromatic heterocycles. The van der Waals surface area contributed by atoms with Crippen molar-refractivity contribution in [1.29, 1.82) is 0 Å². The van der Waals surface area contributed by atoms with Crippen LogP contribution in [0.2, 0.25) is 0 Å². The molecule has 0 atom stereocenters. The fourth-order valence-corrected chi connectivity index (χ4v) is 4.26. The number of fused-ring (bicyclic) bond motifs is 1. The summed E-state index contributed by atoms with van der Waals surface area (Å²) in [6, 6.07) is 6.84. The lowest BCUT2D eigenvalue weighted by atomic mass is 9.90. The first-order valence-corrected chi connectivity index (χ1v) is 9.03. The van der Waals surface area contributed by atoms with E-state index in [1.807, 2.05) is 6.20 Å². The van der Waals surface area contributed by atoms with Crippen molar-refractivity contribution in [3.8, 4) is 0 Å². The minimum Gasteiger partial charge on any atom is -0.367 e. The Labute approximate surface area is 144 Å². The molecular weight excluding hydrogens is 356 g/mol. The fourth-order valence-electron chi connectivity index (χ4n) is 3.67. The third kappa shape index (κ3) is 3.10. The number of hydrogen-bond donors (Lipinski definition) is 1.